The van der Waals surface area contributed by atoms with E-state index in [1.165, 1.54) is 0 Å². The van der Waals surface area contributed by atoms with E-state index in [2.05, 4.69) is 18.5 Å². The highest BCUT2D eigenvalue weighted by molar-refractivity contribution is 4.75. The van der Waals surface area contributed by atoms with Crippen molar-refractivity contribution in [3.05, 3.63) is 25.3 Å². The van der Waals surface area contributed by atoms with Gasteiger partial charge in [0.25, 0.3) is 0 Å². The molecule has 0 aromatic rings. The van der Waals surface area contributed by atoms with E-state index in [0.717, 1.165) is 13.1 Å². The number of hydrogen-bond acceptors (Lipinski definition) is 1. The highest BCUT2D eigenvalue weighted by atomic mass is 16.0. The molecule has 0 bridgehead atoms. The molecule has 0 saturated carbocycles. The molecule has 3 heteroatoms. The van der Waals surface area contributed by atoms with Crippen molar-refractivity contribution in [2.75, 3.05) is 13.1 Å². The second-order valence-electron chi connectivity index (χ2n) is 1.24. The third kappa shape index (κ3) is 18.7. The molecule has 0 radical (unpaired) electrons. The summed E-state index contributed by atoms with van der Waals surface area (Å²) in [6.07, 6.45) is 3.65. The van der Waals surface area contributed by atoms with Crippen molar-refractivity contribution in [2.45, 2.75) is 0 Å². The van der Waals surface area contributed by atoms with E-state index in [4.69, 9.17) is 0 Å². The van der Waals surface area contributed by atoms with Gasteiger partial charge in [0.15, 0.2) is 0 Å². The highest BCUT2D eigenvalue weighted by Gasteiger charge is 1.69. The molecule has 0 rings (SSSR count). The zero-order valence-corrected chi connectivity index (χ0v) is 5.48. The quantitative estimate of drug-likeness (QED) is 0.399. The Bertz CT molecular complexity index is 56.1. The summed E-state index contributed by atoms with van der Waals surface area (Å²) in [4.78, 5) is 0. The van der Waals surface area contributed by atoms with Crippen molar-refractivity contribution in [2.24, 2.45) is 0 Å². The van der Waals surface area contributed by atoms with Gasteiger partial charge in [0.1, 0.15) is 0 Å². The Kier molecular flexibility index (Phi) is 27.4. The van der Waals surface area contributed by atoms with Crippen LogP contribution in [0.4, 0.5) is 0 Å². The largest absolute Gasteiger partial charge is 0.412 e. The lowest BCUT2D eigenvalue weighted by Gasteiger charge is -1.90. The first-order valence-electron chi connectivity index (χ1n) is 2.34. The first kappa shape index (κ1) is 15.8. The van der Waals surface area contributed by atoms with Gasteiger partial charge in [-0.3, -0.25) is 0 Å². The maximum Gasteiger partial charge on any atom is 0.0135 e. The molecule has 0 fully saturated rings. The van der Waals surface area contributed by atoms with Crippen LogP contribution >= 0.6 is 0 Å². The van der Waals surface area contributed by atoms with Crippen LogP contribution in [0.25, 0.3) is 0 Å². The molecule has 3 nitrogen and oxygen atoms in total. The van der Waals surface area contributed by atoms with E-state index in [0.29, 0.717) is 0 Å². The topological polar surface area (TPSA) is 75.0 Å². The lowest BCUT2D eigenvalue weighted by Crippen LogP contribution is -2.11. The molecule has 56 valence electrons. The summed E-state index contributed by atoms with van der Waals surface area (Å²) in [6.45, 7) is 8.81. The number of nitrogens with one attached hydrogen (secondary N) is 1. The summed E-state index contributed by atoms with van der Waals surface area (Å²) in [5, 5.41) is 3.05. The van der Waals surface area contributed by atoms with E-state index in [1.807, 2.05) is 12.2 Å². The lowest BCUT2D eigenvalue weighted by atomic mass is 10.5. The second-order valence-corrected chi connectivity index (χ2v) is 1.24. The van der Waals surface area contributed by atoms with Crippen molar-refractivity contribution in [1.29, 1.82) is 0 Å². The average molecular weight is 133 g/mol. The van der Waals surface area contributed by atoms with Crippen LogP contribution in [0.2, 0.25) is 0 Å². The molecule has 0 aromatic heterocycles. The van der Waals surface area contributed by atoms with Crippen LogP contribution in [0.3, 0.4) is 0 Å². The van der Waals surface area contributed by atoms with Gasteiger partial charge in [-0.05, 0) is 0 Å². The summed E-state index contributed by atoms with van der Waals surface area (Å²) in [5.74, 6) is 0. The Hall–Kier alpha value is -0.640. The van der Waals surface area contributed by atoms with Crippen LogP contribution < -0.4 is 5.32 Å². The molecule has 0 aliphatic rings. The Morgan fingerprint density at radius 2 is 1.33 bits per heavy atom. The summed E-state index contributed by atoms with van der Waals surface area (Å²) >= 11 is 0. The molecule has 0 unspecified atom stereocenters. The summed E-state index contributed by atoms with van der Waals surface area (Å²) in [6, 6.07) is 0. The van der Waals surface area contributed by atoms with E-state index < -0.39 is 0 Å². The Morgan fingerprint density at radius 1 is 1.00 bits per heavy atom. The van der Waals surface area contributed by atoms with Crippen molar-refractivity contribution in [3.8, 4) is 0 Å². The third-order valence-corrected chi connectivity index (χ3v) is 0.577. The molecule has 0 amide bonds. The van der Waals surface area contributed by atoms with Gasteiger partial charge in [0.2, 0.25) is 0 Å². The average Bonchev–Trinajstić information content (AvgIpc) is 1.69. The highest BCUT2D eigenvalue weighted by Crippen LogP contribution is 1.59. The normalized spacial score (nSPS) is 6.22. The van der Waals surface area contributed by atoms with E-state index in [1.54, 1.807) is 0 Å². The molecule has 0 aliphatic carbocycles. The van der Waals surface area contributed by atoms with Crippen molar-refractivity contribution >= 4 is 0 Å². The lowest BCUT2D eigenvalue weighted by molar-refractivity contribution is 0.823. The Balaban J connectivity index is -0.000000180. The molecule has 0 saturated heterocycles. The van der Waals surface area contributed by atoms with Gasteiger partial charge < -0.3 is 16.3 Å². The molecule has 0 heterocycles. The fraction of sp³-hybridized carbons (Fsp3) is 0.333. The summed E-state index contributed by atoms with van der Waals surface area (Å²) < 4.78 is 0. The number of rotatable bonds is 4. The predicted molar refractivity (Wildman–Crippen MR) is 40.5 cm³/mol. The molecule has 0 aliphatic heterocycles. The van der Waals surface area contributed by atoms with Crippen molar-refractivity contribution < 1.29 is 11.0 Å². The standard InChI is InChI=1S/C6H11N.2H2O/c1-3-5-7-6-4-2;;/h3-4,7H,1-2,5-6H2;2*1H2. The van der Waals surface area contributed by atoms with Gasteiger partial charge in [0.05, 0.1) is 0 Å². The maximum absolute atomic E-state index is 3.54. The molecular formula is C6H15NO2. The zero-order valence-electron chi connectivity index (χ0n) is 5.48. The van der Waals surface area contributed by atoms with E-state index in [-0.39, 0.29) is 11.0 Å². The summed E-state index contributed by atoms with van der Waals surface area (Å²) in [7, 11) is 0. The zero-order chi connectivity index (χ0) is 5.54. The minimum absolute atomic E-state index is 0. The Morgan fingerprint density at radius 3 is 1.56 bits per heavy atom. The second kappa shape index (κ2) is 15.7. The summed E-state index contributed by atoms with van der Waals surface area (Å²) in [5.41, 5.74) is 0. The maximum atomic E-state index is 3.54. The van der Waals surface area contributed by atoms with Crippen LogP contribution in [-0.4, -0.2) is 24.0 Å². The predicted octanol–water partition coefficient (Wildman–Crippen LogP) is -0.701. The third-order valence-electron chi connectivity index (χ3n) is 0.577. The van der Waals surface area contributed by atoms with Crippen LogP contribution in [0.5, 0.6) is 0 Å². The van der Waals surface area contributed by atoms with Crippen LogP contribution in [0.1, 0.15) is 0 Å². The SMILES string of the molecule is C=CCNCC=C.O.O. The first-order valence-corrected chi connectivity index (χ1v) is 2.34. The molecule has 0 spiro atoms. The molecular weight excluding hydrogens is 118 g/mol. The Labute approximate surface area is 55.7 Å². The molecule has 0 aromatic carbocycles. The van der Waals surface area contributed by atoms with Crippen LogP contribution in [-0.2, 0) is 0 Å². The van der Waals surface area contributed by atoms with Gasteiger partial charge in [-0.15, -0.1) is 13.2 Å². The van der Waals surface area contributed by atoms with Crippen LogP contribution in [0.15, 0.2) is 25.3 Å². The first-order chi connectivity index (χ1) is 3.41. The van der Waals surface area contributed by atoms with Gasteiger partial charge in [-0.2, -0.15) is 0 Å². The smallest absolute Gasteiger partial charge is 0.0135 e. The fourth-order valence-corrected chi connectivity index (χ4v) is 0.287. The molecule has 5 N–H and O–H groups in total. The van der Waals surface area contributed by atoms with Gasteiger partial charge >= 0.3 is 0 Å². The van der Waals surface area contributed by atoms with Crippen molar-refractivity contribution in [1.82, 2.24) is 5.32 Å². The monoisotopic (exact) mass is 133 g/mol. The van der Waals surface area contributed by atoms with Crippen LogP contribution in [0, 0.1) is 0 Å². The molecule has 9 heavy (non-hydrogen) atoms. The van der Waals surface area contributed by atoms with Gasteiger partial charge in [-0.1, -0.05) is 12.2 Å². The minimum atomic E-state index is 0. The molecule has 0 atom stereocenters. The number of hydrogen-bond donors (Lipinski definition) is 1. The minimum Gasteiger partial charge on any atom is -0.412 e. The fourth-order valence-electron chi connectivity index (χ4n) is 0.287. The van der Waals surface area contributed by atoms with E-state index in [9.17, 15) is 0 Å². The van der Waals surface area contributed by atoms with Gasteiger partial charge in [0, 0.05) is 13.1 Å². The van der Waals surface area contributed by atoms with E-state index >= 15 is 0 Å². The van der Waals surface area contributed by atoms with Crippen molar-refractivity contribution in [3.63, 3.8) is 0 Å². The van der Waals surface area contributed by atoms with Gasteiger partial charge in [-0.25, -0.2) is 0 Å².